The zero-order valence-corrected chi connectivity index (χ0v) is 21.7. The Bertz CT molecular complexity index is 1310. The van der Waals surface area contributed by atoms with E-state index in [0.717, 1.165) is 24.3 Å². The van der Waals surface area contributed by atoms with Crippen molar-refractivity contribution in [3.8, 4) is 5.75 Å². The Labute approximate surface area is 231 Å². The topological polar surface area (TPSA) is 94.6 Å². The van der Waals surface area contributed by atoms with Gasteiger partial charge in [-0.25, -0.2) is 14.4 Å². The highest BCUT2D eigenvalue weighted by Gasteiger charge is 2.59. The van der Waals surface area contributed by atoms with Gasteiger partial charge in [-0.3, -0.25) is 0 Å². The predicted molar refractivity (Wildman–Crippen MR) is 133 cm³/mol. The smallest absolute Gasteiger partial charge is 0.447 e. The third kappa shape index (κ3) is 6.02. The second kappa shape index (κ2) is 11.0. The normalized spacial score (nSPS) is 22.4. The fourth-order valence-electron chi connectivity index (χ4n) is 4.92. The average molecular weight is 581 g/mol. The first-order valence-corrected chi connectivity index (χ1v) is 12.8. The number of carbonyl (C=O) groups is 3. The number of rotatable bonds is 6. The number of halogens is 4. The highest BCUT2D eigenvalue weighted by Crippen LogP contribution is 2.40. The van der Waals surface area contributed by atoms with Gasteiger partial charge in [0.05, 0.1) is 5.56 Å². The van der Waals surface area contributed by atoms with Crippen molar-refractivity contribution in [1.82, 2.24) is 9.96 Å². The third-order valence-electron chi connectivity index (χ3n) is 6.99. The van der Waals surface area contributed by atoms with Crippen LogP contribution in [-0.4, -0.2) is 59.5 Å². The van der Waals surface area contributed by atoms with E-state index in [2.05, 4.69) is 0 Å². The van der Waals surface area contributed by atoms with Crippen molar-refractivity contribution in [2.75, 3.05) is 19.6 Å². The van der Waals surface area contributed by atoms with Gasteiger partial charge in [-0.05, 0) is 42.0 Å². The number of likely N-dealkylation sites (tertiary alicyclic amines) is 1. The van der Waals surface area contributed by atoms with Crippen molar-refractivity contribution in [2.24, 2.45) is 0 Å². The molecule has 2 aromatic carbocycles. The highest BCUT2D eigenvalue weighted by atomic mass is 35.5. The molecule has 2 saturated heterocycles. The van der Waals surface area contributed by atoms with Crippen molar-refractivity contribution < 1.29 is 46.6 Å². The van der Waals surface area contributed by atoms with E-state index >= 15 is 0 Å². The van der Waals surface area contributed by atoms with Crippen molar-refractivity contribution >= 4 is 29.6 Å². The minimum atomic E-state index is -4.50. The molecule has 1 amide bonds. The van der Waals surface area contributed by atoms with Crippen LogP contribution in [-0.2, 0) is 30.1 Å². The summed E-state index contributed by atoms with van der Waals surface area (Å²) in [6.07, 6.45) is -4.72. The molecule has 2 fully saturated rings. The average Bonchev–Trinajstić information content (AvgIpc) is 3.15. The van der Waals surface area contributed by atoms with Crippen LogP contribution >= 0.6 is 11.6 Å². The molecule has 2 atom stereocenters. The summed E-state index contributed by atoms with van der Waals surface area (Å²) in [5.41, 5.74) is -1.61. The predicted octanol–water partition coefficient (Wildman–Crippen LogP) is 5.05. The van der Waals surface area contributed by atoms with Gasteiger partial charge in [0.2, 0.25) is 0 Å². The Hall–Kier alpha value is -3.77. The van der Waals surface area contributed by atoms with Crippen molar-refractivity contribution in [2.45, 2.75) is 43.4 Å². The van der Waals surface area contributed by atoms with Crippen LogP contribution in [0.25, 0.3) is 0 Å². The molecule has 0 bridgehead atoms. The molecule has 0 aromatic heterocycles. The SMILES string of the molecule is O=C1/C=C/C(=O)ON2C(=O)OC3(CCN(CC[C@H](Oc4ccc(Cl)cc4)c4cccc(C(F)(F)F)c4)CC3)C2O1. The molecule has 5 rings (SSSR count). The van der Waals surface area contributed by atoms with Crippen LogP contribution in [0.1, 0.15) is 36.5 Å². The lowest BCUT2D eigenvalue weighted by Crippen LogP contribution is -2.54. The molecule has 0 aliphatic carbocycles. The first-order valence-electron chi connectivity index (χ1n) is 12.5. The summed E-state index contributed by atoms with van der Waals surface area (Å²) in [4.78, 5) is 43.4. The van der Waals surface area contributed by atoms with E-state index in [9.17, 15) is 27.6 Å². The van der Waals surface area contributed by atoms with Crippen molar-refractivity contribution in [3.05, 3.63) is 76.8 Å². The minimum absolute atomic E-state index is 0.265. The number of amides is 1. The fraction of sp³-hybridized carbons (Fsp3) is 0.370. The van der Waals surface area contributed by atoms with Crippen LogP contribution in [0, 0.1) is 0 Å². The van der Waals surface area contributed by atoms with Crippen LogP contribution in [0.15, 0.2) is 60.7 Å². The first kappa shape index (κ1) is 27.8. The number of fused-ring (bicyclic) bond motifs is 2. The molecule has 0 saturated carbocycles. The van der Waals surface area contributed by atoms with E-state index < -0.39 is 47.7 Å². The summed E-state index contributed by atoms with van der Waals surface area (Å²) in [6.45, 7) is 1.27. The molecule has 0 radical (unpaired) electrons. The molecule has 2 aromatic rings. The van der Waals surface area contributed by atoms with Crippen LogP contribution in [0.4, 0.5) is 18.0 Å². The second-order valence-electron chi connectivity index (χ2n) is 9.61. The molecule has 13 heteroatoms. The highest BCUT2D eigenvalue weighted by molar-refractivity contribution is 6.30. The maximum atomic E-state index is 13.4. The largest absolute Gasteiger partial charge is 0.486 e. The molecule has 9 nitrogen and oxygen atoms in total. The maximum absolute atomic E-state index is 13.4. The number of benzene rings is 2. The standard InChI is InChI=1S/C27H24ClF3N2O7/c28-19-4-6-20(7-5-19)37-21(17-2-1-3-18(16-17)27(29,30)31)10-13-32-14-11-26(12-15-32)24-33(25(36)39-26)40-23(35)9-8-22(34)38-24/h1-9,16,21,24H,10-15H2/b9-8+/t21-,24?/m0/s1. The Balaban J connectivity index is 1.28. The number of nitrogens with zero attached hydrogens (tertiary/aromatic N) is 2. The van der Waals surface area contributed by atoms with Gasteiger partial charge in [0.25, 0.3) is 6.23 Å². The van der Waals surface area contributed by atoms with Crippen molar-refractivity contribution in [3.63, 3.8) is 0 Å². The lowest BCUT2D eigenvalue weighted by molar-refractivity contribution is -0.222. The number of hydrogen-bond acceptors (Lipinski definition) is 8. The van der Waals surface area contributed by atoms with Gasteiger partial charge in [0.15, 0.2) is 5.60 Å². The zero-order valence-electron chi connectivity index (χ0n) is 20.9. The van der Waals surface area contributed by atoms with Gasteiger partial charge in [-0.2, -0.15) is 13.2 Å². The molecule has 1 unspecified atom stereocenters. The molecular formula is C27H24ClF3N2O7. The van der Waals surface area contributed by atoms with E-state index in [4.69, 9.17) is 30.6 Å². The summed E-state index contributed by atoms with van der Waals surface area (Å²) in [6, 6.07) is 11.6. The molecule has 3 heterocycles. The molecule has 3 aliphatic rings. The zero-order chi connectivity index (χ0) is 28.5. The first-order chi connectivity index (χ1) is 19.0. The number of carbonyl (C=O) groups excluding carboxylic acids is 3. The van der Waals surface area contributed by atoms with E-state index in [1.165, 1.54) is 6.07 Å². The van der Waals surface area contributed by atoms with Gasteiger partial charge in [-0.1, -0.05) is 28.8 Å². The summed E-state index contributed by atoms with van der Waals surface area (Å²) in [5.74, 6) is -1.26. The van der Waals surface area contributed by atoms with Crippen LogP contribution in [0.3, 0.4) is 0 Å². The lowest BCUT2D eigenvalue weighted by Gasteiger charge is -2.40. The van der Waals surface area contributed by atoms with Gasteiger partial charge < -0.3 is 23.9 Å². The number of piperidine rings is 1. The summed E-state index contributed by atoms with van der Waals surface area (Å²) in [5, 5.41) is 1.14. The van der Waals surface area contributed by atoms with Gasteiger partial charge >= 0.3 is 24.2 Å². The summed E-state index contributed by atoms with van der Waals surface area (Å²) in [7, 11) is 0. The Morgan fingerprint density at radius 3 is 2.42 bits per heavy atom. The van der Waals surface area contributed by atoms with Crippen LogP contribution < -0.4 is 4.74 Å². The second-order valence-corrected chi connectivity index (χ2v) is 10.0. The minimum Gasteiger partial charge on any atom is -0.486 e. The molecule has 212 valence electrons. The number of esters is 1. The molecule has 1 spiro atoms. The van der Waals surface area contributed by atoms with E-state index in [1.807, 2.05) is 4.90 Å². The number of hydroxylamine groups is 2. The monoisotopic (exact) mass is 580 g/mol. The van der Waals surface area contributed by atoms with E-state index in [1.54, 1.807) is 30.3 Å². The lowest BCUT2D eigenvalue weighted by atomic mass is 9.89. The van der Waals surface area contributed by atoms with Crippen molar-refractivity contribution in [1.29, 1.82) is 0 Å². The number of hydrogen-bond donors (Lipinski definition) is 0. The molecule has 40 heavy (non-hydrogen) atoms. The molecule has 3 aliphatic heterocycles. The van der Waals surface area contributed by atoms with Gasteiger partial charge in [-0.15, -0.1) is 0 Å². The van der Waals surface area contributed by atoms with Crippen LogP contribution in [0.2, 0.25) is 5.02 Å². The Kier molecular flexibility index (Phi) is 7.65. The fourth-order valence-corrected chi connectivity index (χ4v) is 5.05. The van der Waals surface area contributed by atoms with Gasteiger partial charge in [0.1, 0.15) is 11.9 Å². The quantitative estimate of drug-likeness (QED) is 0.438. The maximum Gasteiger partial charge on any atom is 0.447 e. The molecule has 0 N–H and O–H groups in total. The summed E-state index contributed by atoms with van der Waals surface area (Å²) < 4.78 is 57.2. The summed E-state index contributed by atoms with van der Waals surface area (Å²) >= 11 is 5.96. The Morgan fingerprint density at radius 2 is 1.73 bits per heavy atom. The van der Waals surface area contributed by atoms with Gasteiger partial charge in [0, 0.05) is 56.1 Å². The van der Waals surface area contributed by atoms with E-state index in [0.29, 0.717) is 47.5 Å². The third-order valence-corrected chi connectivity index (χ3v) is 7.24. The van der Waals surface area contributed by atoms with E-state index in [-0.39, 0.29) is 12.8 Å². The number of ether oxygens (including phenoxy) is 3. The number of alkyl halides is 3. The Morgan fingerprint density at radius 1 is 1.02 bits per heavy atom. The van der Waals surface area contributed by atoms with Crippen LogP contribution in [0.5, 0.6) is 5.75 Å². The molecular weight excluding hydrogens is 557 g/mol.